The molecule has 0 N–H and O–H groups in total. The maximum absolute atomic E-state index is 14.1. The first kappa shape index (κ1) is 21.5. The highest BCUT2D eigenvalue weighted by molar-refractivity contribution is 8.04. The van der Waals surface area contributed by atoms with Crippen LogP contribution >= 0.6 is 35.0 Å². The second-order valence-electron chi connectivity index (χ2n) is 7.41. The Hall–Kier alpha value is -1.73. The van der Waals surface area contributed by atoms with E-state index >= 15 is 0 Å². The first-order valence-corrected chi connectivity index (χ1v) is 11.5. The van der Waals surface area contributed by atoms with E-state index in [0.717, 1.165) is 43.2 Å². The summed E-state index contributed by atoms with van der Waals surface area (Å²) in [5.74, 6) is 0.323. The van der Waals surface area contributed by atoms with Crippen LogP contribution in [0, 0.1) is 5.82 Å². The summed E-state index contributed by atoms with van der Waals surface area (Å²) in [7, 11) is 2.10. The van der Waals surface area contributed by atoms with Crippen LogP contribution in [0.1, 0.15) is 5.56 Å². The number of rotatable bonds is 3. The zero-order valence-corrected chi connectivity index (χ0v) is 18.9. The summed E-state index contributed by atoms with van der Waals surface area (Å²) in [5.41, 5.74) is 2.39. The lowest BCUT2D eigenvalue weighted by molar-refractivity contribution is -0.114. The highest BCUT2D eigenvalue weighted by Gasteiger charge is 2.26. The van der Waals surface area contributed by atoms with Crippen LogP contribution in [0.25, 0.3) is 6.08 Å². The van der Waals surface area contributed by atoms with Crippen LogP contribution in [0.5, 0.6) is 0 Å². The van der Waals surface area contributed by atoms with Gasteiger partial charge < -0.3 is 14.7 Å². The molecule has 0 spiro atoms. The van der Waals surface area contributed by atoms with Gasteiger partial charge in [-0.15, -0.1) is 11.8 Å². The van der Waals surface area contributed by atoms with Gasteiger partial charge >= 0.3 is 0 Å². The smallest absolute Gasteiger partial charge is 0.264 e. The van der Waals surface area contributed by atoms with E-state index in [9.17, 15) is 9.18 Å². The monoisotopic (exact) mass is 465 g/mol. The van der Waals surface area contributed by atoms with Crippen molar-refractivity contribution in [2.45, 2.75) is 0 Å². The van der Waals surface area contributed by atoms with Crippen molar-refractivity contribution < 1.29 is 9.18 Å². The van der Waals surface area contributed by atoms with Crippen molar-refractivity contribution in [1.82, 2.24) is 4.90 Å². The van der Waals surface area contributed by atoms with Crippen molar-refractivity contribution in [2.75, 3.05) is 55.3 Å². The molecule has 0 unspecified atom stereocenters. The number of nitrogens with zero attached hydrogens (tertiary/aromatic N) is 3. The van der Waals surface area contributed by atoms with Crippen LogP contribution in [0.2, 0.25) is 10.0 Å². The number of anilines is 2. The lowest BCUT2D eigenvalue weighted by Crippen LogP contribution is -2.44. The van der Waals surface area contributed by atoms with Crippen LogP contribution in [-0.4, -0.2) is 56.3 Å². The van der Waals surface area contributed by atoms with E-state index in [4.69, 9.17) is 23.2 Å². The number of likely N-dealkylation sites (N-methyl/N-ethyl adjacent to an activating group) is 1. The highest BCUT2D eigenvalue weighted by atomic mass is 35.5. The van der Waals surface area contributed by atoms with Gasteiger partial charge in [0.1, 0.15) is 5.82 Å². The van der Waals surface area contributed by atoms with Crippen LogP contribution in [0.4, 0.5) is 15.8 Å². The number of carbonyl (C=O) groups excluding carboxylic acids is 1. The van der Waals surface area contributed by atoms with Gasteiger partial charge in [0.2, 0.25) is 0 Å². The molecule has 158 valence electrons. The number of carbonyl (C=O) groups is 1. The van der Waals surface area contributed by atoms with Crippen molar-refractivity contribution in [3.05, 3.63) is 62.7 Å². The van der Waals surface area contributed by atoms with Gasteiger partial charge in [0, 0.05) is 55.4 Å². The number of amides is 1. The number of hydrogen-bond donors (Lipinski definition) is 0. The van der Waals surface area contributed by atoms with E-state index in [-0.39, 0.29) is 11.7 Å². The zero-order valence-electron chi connectivity index (χ0n) is 16.6. The predicted molar refractivity (Wildman–Crippen MR) is 125 cm³/mol. The molecule has 0 radical (unpaired) electrons. The van der Waals surface area contributed by atoms with E-state index in [1.54, 1.807) is 23.1 Å². The molecule has 0 bridgehead atoms. The minimum absolute atomic E-state index is 0.113. The SMILES string of the molecule is CN1CCN(c2ccc(F)cc2/C=C2\SCCN(c3ccc(Cl)c(Cl)c3)C2=O)CC1. The van der Waals surface area contributed by atoms with Gasteiger partial charge in [-0.3, -0.25) is 4.79 Å². The fourth-order valence-electron chi connectivity index (χ4n) is 3.66. The Kier molecular flexibility index (Phi) is 6.58. The normalized spacial score (nSPS) is 19.6. The van der Waals surface area contributed by atoms with E-state index < -0.39 is 0 Å². The average molecular weight is 466 g/mol. The Morgan fingerprint density at radius 3 is 2.50 bits per heavy atom. The first-order valence-electron chi connectivity index (χ1n) is 9.77. The van der Waals surface area contributed by atoms with Crippen LogP contribution in [-0.2, 0) is 4.79 Å². The lowest BCUT2D eigenvalue weighted by atomic mass is 10.1. The largest absolute Gasteiger partial charge is 0.368 e. The van der Waals surface area contributed by atoms with Crippen LogP contribution < -0.4 is 9.80 Å². The summed E-state index contributed by atoms with van der Waals surface area (Å²) >= 11 is 13.6. The molecule has 2 aromatic carbocycles. The highest BCUT2D eigenvalue weighted by Crippen LogP contribution is 2.34. The minimum Gasteiger partial charge on any atom is -0.368 e. The average Bonchev–Trinajstić information content (AvgIpc) is 2.73. The van der Waals surface area contributed by atoms with Gasteiger partial charge in [-0.05, 0) is 49.5 Å². The predicted octanol–water partition coefficient (Wildman–Crippen LogP) is 5.01. The van der Waals surface area contributed by atoms with Gasteiger partial charge in [-0.1, -0.05) is 23.2 Å². The second kappa shape index (κ2) is 9.18. The number of piperazine rings is 1. The van der Waals surface area contributed by atoms with Crippen LogP contribution in [0.3, 0.4) is 0 Å². The summed E-state index contributed by atoms with van der Waals surface area (Å²) in [6.07, 6.45) is 1.81. The third-order valence-corrected chi connectivity index (χ3v) is 7.09. The van der Waals surface area contributed by atoms with Gasteiger partial charge in [0.25, 0.3) is 5.91 Å². The molecule has 2 aliphatic heterocycles. The van der Waals surface area contributed by atoms with Crippen molar-refractivity contribution in [1.29, 1.82) is 0 Å². The molecule has 2 heterocycles. The lowest BCUT2D eigenvalue weighted by Gasteiger charge is -2.35. The quantitative estimate of drug-likeness (QED) is 0.595. The van der Waals surface area contributed by atoms with Crippen molar-refractivity contribution in [2.24, 2.45) is 0 Å². The van der Waals surface area contributed by atoms with Gasteiger partial charge in [-0.2, -0.15) is 0 Å². The number of benzene rings is 2. The van der Waals surface area contributed by atoms with E-state index in [2.05, 4.69) is 16.8 Å². The summed E-state index contributed by atoms with van der Waals surface area (Å²) in [5, 5.41) is 0.861. The topological polar surface area (TPSA) is 26.8 Å². The van der Waals surface area contributed by atoms with E-state index in [1.807, 2.05) is 12.1 Å². The van der Waals surface area contributed by atoms with Gasteiger partial charge in [0.15, 0.2) is 0 Å². The summed E-state index contributed by atoms with van der Waals surface area (Å²) < 4.78 is 14.1. The molecule has 2 aromatic rings. The molecular weight excluding hydrogens is 444 g/mol. The second-order valence-corrected chi connectivity index (χ2v) is 9.36. The Balaban J connectivity index is 1.64. The van der Waals surface area contributed by atoms with Crippen molar-refractivity contribution >= 4 is 58.3 Å². The molecule has 30 heavy (non-hydrogen) atoms. The van der Waals surface area contributed by atoms with E-state index in [0.29, 0.717) is 27.2 Å². The minimum atomic E-state index is -0.311. The molecule has 0 atom stereocenters. The summed E-state index contributed by atoms with van der Waals surface area (Å²) in [6, 6.07) is 9.97. The maximum Gasteiger partial charge on any atom is 0.264 e. The Bertz CT molecular complexity index is 992. The Morgan fingerprint density at radius 2 is 1.77 bits per heavy atom. The molecular formula is C22H22Cl2FN3OS. The molecule has 1 amide bonds. The van der Waals surface area contributed by atoms with Crippen molar-refractivity contribution in [3.63, 3.8) is 0 Å². The number of thioether (sulfide) groups is 1. The van der Waals surface area contributed by atoms with Gasteiger partial charge in [-0.25, -0.2) is 4.39 Å². The summed E-state index contributed by atoms with van der Waals surface area (Å²) in [6.45, 7) is 4.22. The third-order valence-electron chi connectivity index (χ3n) is 5.36. The zero-order chi connectivity index (χ0) is 21.3. The molecule has 4 rings (SSSR count). The molecule has 0 aromatic heterocycles. The summed E-state index contributed by atoms with van der Waals surface area (Å²) in [4.78, 5) is 20.0. The van der Waals surface area contributed by atoms with Crippen molar-refractivity contribution in [3.8, 4) is 0 Å². The molecule has 2 aliphatic rings. The standard InChI is InChI=1S/C22H22Cl2FN3OS/c1-26-6-8-27(9-7-26)20-5-2-16(25)12-15(20)13-21-22(29)28(10-11-30-21)17-3-4-18(23)19(24)14-17/h2-5,12-14H,6-11H2,1H3/b21-13-. The number of halogens is 3. The fourth-order valence-corrected chi connectivity index (χ4v) is 4.89. The van der Waals surface area contributed by atoms with Crippen LogP contribution in [0.15, 0.2) is 41.3 Å². The molecule has 0 saturated carbocycles. The number of hydrogen-bond acceptors (Lipinski definition) is 4. The van der Waals surface area contributed by atoms with Gasteiger partial charge in [0.05, 0.1) is 15.0 Å². The molecule has 4 nitrogen and oxygen atoms in total. The molecule has 0 aliphatic carbocycles. The Morgan fingerprint density at radius 1 is 1.00 bits per heavy atom. The fraction of sp³-hybridized carbons (Fsp3) is 0.318. The molecule has 2 fully saturated rings. The maximum atomic E-state index is 14.1. The first-order chi connectivity index (χ1) is 14.4. The Labute approximate surface area is 190 Å². The molecule has 2 saturated heterocycles. The van der Waals surface area contributed by atoms with E-state index in [1.165, 1.54) is 23.9 Å². The third kappa shape index (κ3) is 4.62. The molecule has 8 heteroatoms.